The molecule has 1 aromatic rings. The predicted molar refractivity (Wildman–Crippen MR) is 123 cm³/mol. The van der Waals surface area contributed by atoms with E-state index in [-0.39, 0.29) is 11.1 Å². The summed E-state index contributed by atoms with van der Waals surface area (Å²) in [5.41, 5.74) is 1.16. The van der Waals surface area contributed by atoms with Gasteiger partial charge in [-0.1, -0.05) is 63.3 Å². The zero-order chi connectivity index (χ0) is 22.4. The summed E-state index contributed by atoms with van der Waals surface area (Å²) < 4.78 is 24.0. The van der Waals surface area contributed by atoms with E-state index >= 15 is 0 Å². The minimum Gasteiger partial charge on any atom is -0.414 e. The molecule has 0 aromatic heterocycles. The molecular weight excluding hydrogens is 396 g/mol. The van der Waals surface area contributed by atoms with Gasteiger partial charge in [0.1, 0.15) is 18.3 Å². The Hall–Kier alpha value is -1.02. The van der Waals surface area contributed by atoms with Crippen molar-refractivity contribution in [3.8, 4) is 0 Å². The largest absolute Gasteiger partial charge is 0.414 e. The quantitative estimate of drug-likeness (QED) is 0.316. The van der Waals surface area contributed by atoms with Gasteiger partial charge in [0.2, 0.25) is 0 Å². The molecule has 1 fully saturated rings. The molecule has 0 saturated carbocycles. The van der Waals surface area contributed by atoms with Crippen LogP contribution in [0, 0.1) is 0 Å². The third kappa shape index (κ3) is 7.59. The van der Waals surface area contributed by atoms with E-state index in [0.717, 1.165) is 12.0 Å². The van der Waals surface area contributed by atoms with Crippen LogP contribution in [-0.4, -0.2) is 50.7 Å². The van der Waals surface area contributed by atoms with Gasteiger partial charge in [-0.25, -0.2) is 0 Å². The first kappa shape index (κ1) is 25.2. The molecule has 1 heterocycles. The van der Waals surface area contributed by atoms with Gasteiger partial charge in [-0.05, 0) is 44.0 Å². The molecule has 1 unspecified atom stereocenters. The topological polar surface area (TPSA) is 57.2 Å². The van der Waals surface area contributed by atoms with Crippen LogP contribution < -0.4 is 0 Å². The van der Waals surface area contributed by atoms with E-state index in [0.29, 0.717) is 19.8 Å². The lowest BCUT2D eigenvalue weighted by atomic mass is 10.1. The highest BCUT2D eigenvalue weighted by atomic mass is 28.4. The second-order valence-electron chi connectivity index (χ2n) is 9.96. The molecule has 5 nitrogen and oxygen atoms in total. The van der Waals surface area contributed by atoms with E-state index in [4.69, 9.17) is 18.6 Å². The maximum Gasteiger partial charge on any atom is 0.192 e. The lowest BCUT2D eigenvalue weighted by Crippen LogP contribution is -2.45. The minimum atomic E-state index is -1.90. The average Bonchev–Trinajstić information content (AvgIpc) is 2.97. The first-order valence-electron chi connectivity index (χ1n) is 10.9. The molecule has 1 aliphatic rings. The van der Waals surface area contributed by atoms with Gasteiger partial charge in [0.15, 0.2) is 14.1 Å². The van der Waals surface area contributed by atoms with Crippen LogP contribution in [0.15, 0.2) is 42.5 Å². The van der Waals surface area contributed by atoms with E-state index < -0.39 is 26.3 Å². The van der Waals surface area contributed by atoms with Crippen molar-refractivity contribution in [3.63, 3.8) is 0 Å². The Labute approximate surface area is 183 Å². The summed E-state index contributed by atoms with van der Waals surface area (Å²) in [4.78, 5) is 0. The van der Waals surface area contributed by atoms with Crippen LogP contribution in [0.1, 0.15) is 46.6 Å². The molecular formula is C24H40O5Si. The monoisotopic (exact) mass is 436 g/mol. The highest BCUT2D eigenvalue weighted by molar-refractivity contribution is 6.74. The summed E-state index contributed by atoms with van der Waals surface area (Å²) in [5.74, 6) is -0.736. The van der Waals surface area contributed by atoms with Gasteiger partial charge in [0.25, 0.3) is 0 Å². The molecule has 1 saturated heterocycles. The second kappa shape index (κ2) is 10.5. The van der Waals surface area contributed by atoms with Crippen LogP contribution in [0.3, 0.4) is 0 Å². The van der Waals surface area contributed by atoms with Gasteiger partial charge in [0, 0.05) is 0 Å². The van der Waals surface area contributed by atoms with E-state index in [1.165, 1.54) is 0 Å². The van der Waals surface area contributed by atoms with E-state index in [2.05, 4.69) is 33.9 Å². The fourth-order valence-electron chi connectivity index (χ4n) is 3.05. The Bertz CT molecular complexity index is 666. The van der Waals surface area contributed by atoms with Crippen molar-refractivity contribution in [2.45, 2.75) is 89.9 Å². The molecule has 0 bridgehead atoms. The lowest BCUT2D eigenvalue weighted by molar-refractivity contribution is -0.154. The predicted octanol–water partition coefficient (Wildman–Crippen LogP) is 5.05. The minimum absolute atomic E-state index is 0.121. The first-order valence-corrected chi connectivity index (χ1v) is 13.8. The molecule has 6 heteroatoms. The molecule has 0 amide bonds. The highest BCUT2D eigenvalue weighted by Gasteiger charge is 2.46. The van der Waals surface area contributed by atoms with Crippen molar-refractivity contribution in [2.75, 3.05) is 13.2 Å². The lowest BCUT2D eigenvalue weighted by Gasteiger charge is -2.37. The number of benzene rings is 1. The number of aliphatic hydroxyl groups is 1. The van der Waals surface area contributed by atoms with Crippen LogP contribution in [0.4, 0.5) is 0 Å². The molecule has 30 heavy (non-hydrogen) atoms. The molecule has 0 spiro atoms. The fraction of sp³-hybridized carbons (Fsp3) is 0.667. The average molecular weight is 437 g/mol. The number of rotatable bonds is 10. The zero-order valence-electron chi connectivity index (χ0n) is 19.7. The molecule has 3 atom stereocenters. The Balaban J connectivity index is 1.82. The van der Waals surface area contributed by atoms with Gasteiger partial charge in [-0.2, -0.15) is 0 Å². The van der Waals surface area contributed by atoms with Crippen molar-refractivity contribution in [2.24, 2.45) is 0 Å². The molecule has 1 aromatic carbocycles. The van der Waals surface area contributed by atoms with Crippen LogP contribution in [0.25, 0.3) is 0 Å². The van der Waals surface area contributed by atoms with Crippen molar-refractivity contribution in [1.29, 1.82) is 0 Å². The molecule has 1 N–H and O–H groups in total. The van der Waals surface area contributed by atoms with Gasteiger partial charge in [-0.3, -0.25) is 0 Å². The van der Waals surface area contributed by atoms with Gasteiger partial charge >= 0.3 is 0 Å². The summed E-state index contributed by atoms with van der Waals surface area (Å²) in [7, 11) is -1.90. The zero-order valence-corrected chi connectivity index (χ0v) is 20.7. The molecule has 170 valence electrons. The van der Waals surface area contributed by atoms with Crippen LogP contribution >= 0.6 is 0 Å². The SMILES string of the molecule is CC1(C)OC(CO[Si](C)(C)C(C)(C)C)[C@H]([C@@H](O)/C=C/CCOCc2ccccc2)O1. The Morgan fingerprint density at radius 1 is 1.17 bits per heavy atom. The van der Waals surface area contributed by atoms with Gasteiger partial charge < -0.3 is 23.7 Å². The van der Waals surface area contributed by atoms with Gasteiger partial charge in [-0.15, -0.1) is 0 Å². The standard InChI is InChI=1S/C24H40O5Si/c1-23(2,3)30(6,7)27-18-21-22(29-24(4,5)28-21)20(25)15-11-12-16-26-17-19-13-9-8-10-14-19/h8-11,13-15,20-22,25H,12,16-18H2,1-7H3/b15-11+/t20-,21?,22-/m0/s1. The third-order valence-corrected chi connectivity index (χ3v) is 10.3. The molecule has 1 aliphatic heterocycles. The van der Waals surface area contributed by atoms with Crippen LogP contribution in [0.5, 0.6) is 0 Å². The summed E-state index contributed by atoms with van der Waals surface area (Å²) in [6, 6.07) is 10.1. The number of ether oxygens (including phenoxy) is 3. The Kier molecular flexibility index (Phi) is 8.86. The maximum atomic E-state index is 10.7. The van der Waals surface area contributed by atoms with Crippen LogP contribution in [-0.2, 0) is 25.2 Å². The summed E-state index contributed by atoms with van der Waals surface area (Å²) in [6.45, 7) is 16.4. The summed E-state index contributed by atoms with van der Waals surface area (Å²) >= 11 is 0. The van der Waals surface area contributed by atoms with E-state index in [9.17, 15) is 5.11 Å². The Morgan fingerprint density at radius 2 is 1.83 bits per heavy atom. The molecule has 2 rings (SSSR count). The number of hydrogen-bond acceptors (Lipinski definition) is 5. The second-order valence-corrected chi connectivity index (χ2v) is 14.8. The van der Waals surface area contributed by atoms with Crippen molar-refractivity contribution < 1.29 is 23.7 Å². The molecule has 0 aliphatic carbocycles. The van der Waals surface area contributed by atoms with Gasteiger partial charge in [0.05, 0.1) is 19.8 Å². The van der Waals surface area contributed by atoms with E-state index in [1.807, 2.05) is 50.3 Å². The summed E-state index contributed by atoms with van der Waals surface area (Å²) in [6.07, 6.45) is 2.94. The van der Waals surface area contributed by atoms with E-state index in [1.54, 1.807) is 6.08 Å². The third-order valence-electron chi connectivity index (χ3n) is 5.85. The van der Waals surface area contributed by atoms with Crippen molar-refractivity contribution >= 4 is 8.32 Å². The molecule has 0 radical (unpaired) electrons. The summed E-state index contributed by atoms with van der Waals surface area (Å²) in [5, 5.41) is 10.8. The van der Waals surface area contributed by atoms with Crippen molar-refractivity contribution in [1.82, 2.24) is 0 Å². The number of aliphatic hydroxyl groups excluding tert-OH is 1. The fourth-order valence-corrected chi connectivity index (χ4v) is 4.06. The van der Waals surface area contributed by atoms with Crippen molar-refractivity contribution in [3.05, 3.63) is 48.0 Å². The Morgan fingerprint density at radius 3 is 2.47 bits per heavy atom. The smallest absolute Gasteiger partial charge is 0.192 e. The maximum absolute atomic E-state index is 10.7. The normalized spacial score (nSPS) is 23.2. The highest BCUT2D eigenvalue weighted by Crippen LogP contribution is 2.38. The first-order chi connectivity index (χ1) is 13.9. The van der Waals surface area contributed by atoms with Crippen LogP contribution in [0.2, 0.25) is 18.1 Å². The number of hydrogen-bond donors (Lipinski definition) is 1.